The summed E-state index contributed by atoms with van der Waals surface area (Å²) in [6.45, 7) is 15.9. The zero-order valence-corrected chi connectivity index (χ0v) is 28.3. The van der Waals surface area contributed by atoms with Crippen LogP contribution in [0.3, 0.4) is 0 Å². The Balaban J connectivity index is 5.01. The summed E-state index contributed by atoms with van der Waals surface area (Å²) < 4.78 is 27.7. The summed E-state index contributed by atoms with van der Waals surface area (Å²) in [4.78, 5) is 4.40. The molecule has 0 spiro atoms. The first-order chi connectivity index (χ1) is 19.9. The second-order valence-corrected chi connectivity index (χ2v) is 13.9. The molecule has 3 atom stereocenters. The van der Waals surface area contributed by atoms with Gasteiger partial charge in [0.2, 0.25) is 0 Å². The third-order valence-electron chi connectivity index (χ3n) is 6.52. The third kappa shape index (κ3) is 22.4. The van der Waals surface area contributed by atoms with Crippen LogP contribution in [-0.2, 0) is 22.0 Å². The Morgan fingerprint density at radius 2 is 1.33 bits per heavy atom. The fourth-order valence-electron chi connectivity index (χ4n) is 4.04. The average molecular weight is 632 g/mol. The highest BCUT2D eigenvalue weighted by atomic mass is 32.3. The van der Waals surface area contributed by atoms with Gasteiger partial charge in [-0.05, 0) is 33.6 Å². The van der Waals surface area contributed by atoms with Crippen LogP contribution in [-0.4, -0.2) is 168 Å². The van der Waals surface area contributed by atoms with Crippen molar-refractivity contribution >= 4 is 10.9 Å². The average Bonchev–Trinajstić information content (AvgIpc) is 2.96. The predicted octanol–water partition coefficient (Wildman–Crippen LogP) is -0.0684. The second-order valence-electron chi connectivity index (χ2n) is 11.3. The van der Waals surface area contributed by atoms with Crippen LogP contribution in [0.2, 0.25) is 0 Å². The number of aliphatic hydroxyl groups excluding tert-OH is 3. The highest BCUT2D eigenvalue weighted by molar-refractivity contribution is 8.21. The van der Waals surface area contributed by atoms with E-state index < -0.39 is 23.1 Å². The molecule has 0 aliphatic carbocycles. The van der Waals surface area contributed by atoms with Crippen LogP contribution in [0.5, 0.6) is 0 Å². The molecule has 0 aromatic heterocycles. The first kappa shape index (κ1) is 41.8. The van der Waals surface area contributed by atoms with E-state index in [0.717, 1.165) is 19.6 Å². The molecule has 0 aromatic rings. The van der Waals surface area contributed by atoms with Crippen LogP contribution < -0.4 is 16.4 Å². The molecule has 0 aliphatic heterocycles. The summed E-state index contributed by atoms with van der Waals surface area (Å²) in [5.74, 6) is 0.580. The minimum absolute atomic E-state index is 0.212. The standard InChI is InChI=1S/C28H65N5O8S/c1-8-25(34)20-31-13-15-33(21-26(35)23-40-18-9-19-42(37-5,38-6)39-7)17-16-32(14-12-30-11-10-29)22-27(36)24-41-28(2,3)4/h25-27,30-31,34-36H,8-24,29H2,1-7H3. The largest absolute Gasteiger partial charge is 0.392 e. The Kier molecular flexibility index (Phi) is 25.0. The summed E-state index contributed by atoms with van der Waals surface area (Å²) in [5.41, 5.74) is 5.30. The molecule has 0 saturated carbocycles. The first-order valence-electron chi connectivity index (χ1n) is 15.2. The minimum Gasteiger partial charge on any atom is -0.392 e. The monoisotopic (exact) mass is 631 g/mol. The smallest absolute Gasteiger partial charge is 0.0900 e. The molecule has 0 bridgehead atoms. The molecule has 0 aromatic carbocycles. The Morgan fingerprint density at radius 3 is 1.83 bits per heavy atom. The fourth-order valence-corrected chi connectivity index (χ4v) is 5.42. The molecule has 3 unspecified atom stereocenters. The number of ether oxygens (including phenoxy) is 2. The molecule has 42 heavy (non-hydrogen) atoms. The Morgan fingerprint density at radius 1 is 0.786 bits per heavy atom. The van der Waals surface area contributed by atoms with Crippen LogP contribution in [0.4, 0.5) is 0 Å². The lowest BCUT2D eigenvalue weighted by atomic mass is 10.2. The van der Waals surface area contributed by atoms with Crippen molar-refractivity contribution < 1.29 is 37.3 Å². The molecule has 0 aliphatic rings. The molecule has 14 heteroatoms. The second kappa shape index (κ2) is 25.1. The fraction of sp³-hybridized carbons (Fsp3) is 1.00. The van der Waals surface area contributed by atoms with Crippen molar-refractivity contribution in [3.63, 3.8) is 0 Å². The number of nitrogens with zero attached hydrogens (tertiary/aromatic N) is 2. The van der Waals surface area contributed by atoms with Gasteiger partial charge in [0.25, 0.3) is 0 Å². The number of hydrogen-bond acceptors (Lipinski definition) is 13. The normalized spacial score (nSPS) is 15.5. The van der Waals surface area contributed by atoms with E-state index in [1.54, 1.807) is 21.3 Å². The Labute approximate surface area is 257 Å². The topological polar surface area (TPSA) is 163 Å². The van der Waals surface area contributed by atoms with E-state index in [2.05, 4.69) is 20.4 Å². The molecule has 0 saturated heterocycles. The lowest BCUT2D eigenvalue weighted by Gasteiger charge is -2.33. The lowest BCUT2D eigenvalue weighted by Crippen LogP contribution is -2.46. The van der Waals surface area contributed by atoms with E-state index in [1.165, 1.54) is 0 Å². The van der Waals surface area contributed by atoms with E-state index in [4.69, 9.17) is 27.8 Å². The Bertz CT molecular complexity index is 611. The van der Waals surface area contributed by atoms with Crippen LogP contribution in [0.1, 0.15) is 40.5 Å². The minimum atomic E-state index is -2.01. The van der Waals surface area contributed by atoms with E-state index in [-0.39, 0.29) is 24.9 Å². The zero-order valence-electron chi connectivity index (χ0n) is 27.5. The molecule has 0 amide bonds. The van der Waals surface area contributed by atoms with E-state index in [9.17, 15) is 15.3 Å². The third-order valence-corrected chi connectivity index (χ3v) is 8.83. The van der Waals surface area contributed by atoms with Gasteiger partial charge in [-0.25, -0.2) is 0 Å². The van der Waals surface area contributed by atoms with E-state index in [1.807, 2.05) is 27.7 Å². The number of rotatable bonds is 29. The molecule has 0 fully saturated rings. The lowest BCUT2D eigenvalue weighted by molar-refractivity contribution is -0.0565. The van der Waals surface area contributed by atoms with Crippen molar-refractivity contribution in [3.8, 4) is 0 Å². The number of aliphatic hydroxyl groups is 3. The van der Waals surface area contributed by atoms with Crippen molar-refractivity contribution in [1.82, 2.24) is 20.4 Å². The number of nitrogens with two attached hydrogens (primary N) is 1. The molecule has 0 radical (unpaired) electrons. The van der Waals surface area contributed by atoms with Crippen LogP contribution >= 0.6 is 10.9 Å². The SMILES string of the molecule is CCC(O)CNCCN(CCN(CCNCCN)CC(O)COC(C)(C)C)CC(O)COCCCS(OC)(OC)OC. The summed E-state index contributed by atoms with van der Waals surface area (Å²) in [7, 11) is 2.69. The highest BCUT2D eigenvalue weighted by Crippen LogP contribution is 2.49. The highest BCUT2D eigenvalue weighted by Gasteiger charge is 2.22. The molecule has 256 valence electrons. The van der Waals surface area contributed by atoms with Gasteiger partial charge in [-0.1, -0.05) is 6.92 Å². The van der Waals surface area contributed by atoms with Crippen molar-refractivity contribution in [2.24, 2.45) is 5.73 Å². The number of nitrogens with one attached hydrogen (secondary N) is 2. The van der Waals surface area contributed by atoms with Crippen LogP contribution in [0, 0.1) is 0 Å². The summed E-state index contributed by atoms with van der Waals surface area (Å²) in [6, 6.07) is 0. The van der Waals surface area contributed by atoms with Gasteiger partial charge in [0, 0.05) is 84.4 Å². The molecular formula is C28H65N5O8S. The van der Waals surface area contributed by atoms with Crippen LogP contribution in [0.15, 0.2) is 0 Å². The Hall–Kier alpha value is -0.170. The maximum atomic E-state index is 10.8. The molecule has 0 rings (SSSR count). The van der Waals surface area contributed by atoms with Crippen molar-refractivity contribution in [2.45, 2.75) is 64.4 Å². The van der Waals surface area contributed by atoms with Crippen molar-refractivity contribution in [1.29, 1.82) is 0 Å². The maximum Gasteiger partial charge on any atom is 0.0900 e. The van der Waals surface area contributed by atoms with E-state index >= 15 is 0 Å². The van der Waals surface area contributed by atoms with Gasteiger partial charge in [0.15, 0.2) is 0 Å². The van der Waals surface area contributed by atoms with Gasteiger partial charge in [0.1, 0.15) is 0 Å². The summed E-state index contributed by atoms with van der Waals surface area (Å²) in [6.07, 6.45) is -0.276. The zero-order chi connectivity index (χ0) is 31.9. The van der Waals surface area contributed by atoms with E-state index in [0.29, 0.717) is 77.6 Å². The van der Waals surface area contributed by atoms with Crippen molar-refractivity contribution in [3.05, 3.63) is 0 Å². The van der Waals surface area contributed by atoms with Crippen LogP contribution in [0.25, 0.3) is 0 Å². The van der Waals surface area contributed by atoms with Gasteiger partial charge in [-0.15, -0.1) is 0 Å². The molecule has 0 heterocycles. The van der Waals surface area contributed by atoms with Gasteiger partial charge in [0.05, 0.1) is 69.3 Å². The van der Waals surface area contributed by atoms with Crippen molar-refractivity contribution in [2.75, 3.05) is 119 Å². The maximum absolute atomic E-state index is 10.8. The molecule has 7 N–H and O–H groups in total. The van der Waals surface area contributed by atoms with Gasteiger partial charge < -0.3 is 41.2 Å². The van der Waals surface area contributed by atoms with Gasteiger partial charge >= 0.3 is 0 Å². The summed E-state index contributed by atoms with van der Waals surface area (Å²) in [5, 5.41) is 37.9. The summed E-state index contributed by atoms with van der Waals surface area (Å²) >= 11 is 0. The molecule has 13 nitrogen and oxygen atoms in total. The predicted molar refractivity (Wildman–Crippen MR) is 171 cm³/mol. The first-order valence-corrected chi connectivity index (χ1v) is 16.8. The number of hydrogen-bond donors (Lipinski definition) is 6. The quantitative estimate of drug-likeness (QED) is 0.0609. The molecular weight excluding hydrogens is 566 g/mol. The van der Waals surface area contributed by atoms with Gasteiger partial charge in [-0.2, -0.15) is 0 Å². The van der Waals surface area contributed by atoms with Gasteiger partial charge in [-0.3, -0.25) is 22.3 Å².